The number of aryl methyl sites for hydroxylation is 1. The Balaban J connectivity index is 1.98. The van der Waals surface area contributed by atoms with Gasteiger partial charge in [-0.05, 0) is 6.42 Å². The summed E-state index contributed by atoms with van der Waals surface area (Å²) < 4.78 is 1.47. The molecule has 0 atom stereocenters. The van der Waals surface area contributed by atoms with Crippen LogP contribution in [-0.4, -0.2) is 14.8 Å². The van der Waals surface area contributed by atoms with Crippen molar-refractivity contribution in [3.05, 3.63) is 22.1 Å². The monoisotopic (exact) mass is 404 g/mol. The first-order chi connectivity index (χ1) is 14.1. The highest BCUT2D eigenvalue weighted by Gasteiger charge is 2.13. The topological polar surface area (TPSA) is 86.2 Å². The molecule has 0 aliphatic heterocycles. The Bertz CT molecular complexity index is 661. The molecule has 0 amide bonds. The molecule has 0 unspecified atom stereocenters. The van der Waals surface area contributed by atoms with Gasteiger partial charge in [0.1, 0.15) is 6.07 Å². The predicted octanol–water partition coefficient (Wildman–Crippen LogP) is 6.39. The Morgan fingerprint density at radius 3 is 1.62 bits per heavy atom. The summed E-state index contributed by atoms with van der Waals surface area (Å²) in [5.41, 5.74) is -0.960. The summed E-state index contributed by atoms with van der Waals surface area (Å²) in [6.07, 6.45) is 21.9. The zero-order valence-electron chi connectivity index (χ0n) is 18.3. The molecule has 1 rings (SSSR count). The van der Waals surface area contributed by atoms with Gasteiger partial charge in [0, 0.05) is 6.54 Å². The first-order valence-electron chi connectivity index (χ1n) is 11.7. The molecule has 164 valence electrons. The van der Waals surface area contributed by atoms with Gasteiger partial charge in [0.25, 0.3) is 5.43 Å². The molecular formula is C24H40N2O3. The fourth-order valence-corrected chi connectivity index (χ4v) is 3.76. The van der Waals surface area contributed by atoms with Gasteiger partial charge in [0.2, 0.25) is 5.75 Å². The highest BCUT2D eigenvalue weighted by Crippen LogP contribution is 2.17. The van der Waals surface area contributed by atoms with Crippen molar-refractivity contribution in [1.82, 2.24) is 4.57 Å². The first-order valence-corrected chi connectivity index (χ1v) is 11.7. The number of rotatable bonds is 17. The minimum atomic E-state index is -0.884. The van der Waals surface area contributed by atoms with E-state index in [9.17, 15) is 15.0 Å². The fraction of sp³-hybridized carbons (Fsp3) is 0.750. The van der Waals surface area contributed by atoms with Crippen molar-refractivity contribution < 1.29 is 10.2 Å². The van der Waals surface area contributed by atoms with Gasteiger partial charge in [-0.15, -0.1) is 0 Å². The standard InChI is InChI=1S/C24H40N2O3/c1-2-3-4-5-6-7-8-9-10-11-12-13-14-15-16-17-18-26-20-22(27)24(29)23(28)21(26)19-25/h20,27-28H,2-18H2,1H3. The fourth-order valence-electron chi connectivity index (χ4n) is 3.76. The van der Waals surface area contributed by atoms with Crippen LogP contribution >= 0.6 is 0 Å². The van der Waals surface area contributed by atoms with Gasteiger partial charge in [0.05, 0.1) is 6.20 Å². The van der Waals surface area contributed by atoms with Gasteiger partial charge in [-0.3, -0.25) is 4.79 Å². The smallest absolute Gasteiger partial charge is 0.266 e. The van der Waals surface area contributed by atoms with E-state index in [0.29, 0.717) is 6.54 Å². The van der Waals surface area contributed by atoms with Crippen LogP contribution in [0.25, 0.3) is 0 Å². The van der Waals surface area contributed by atoms with E-state index in [4.69, 9.17) is 5.26 Å². The third-order valence-electron chi connectivity index (χ3n) is 5.60. The van der Waals surface area contributed by atoms with E-state index in [1.165, 1.54) is 94.2 Å². The highest BCUT2D eigenvalue weighted by atomic mass is 16.3. The molecule has 1 heterocycles. The molecule has 0 aromatic carbocycles. The zero-order valence-corrected chi connectivity index (χ0v) is 18.3. The quantitative estimate of drug-likeness (QED) is 0.294. The van der Waals surface area contributed by atoms with E-state index in [1.807, 2.05) is 6.07 Å². The van der Waals surface area contributed by atoms with Gasteiger partial charge in [0.15, 0.2) is 11.4 Å². The summed E-state index contributed by atoms with van der Waals surface area (Å²) >= 11 is 0. The van der Waals surface area contributed by atoms with Crippen molar-refractivity contribution in [3.8, 4) is 17.6 Å². The summed E-state index contributed by atoms with van der Waals surface area (Å²) in [7, 11) is 0. The van der Waals surface area contributed by atoms with E-state index in [2.05, 4.69) is 6.92 Å². The number of aromatic nitrogens is 1. The first kappa shape index (κ1) is 25.1. The van der Waals surface area contributed by atoms with Crippen LogP contribution in [0.2, 0.25) is 0 Å². The SMILES string of the molecule is CCCCCCCCCCCCCCCCCCn1cc(O)c(=O)c(O)c1C#N. The minimum absolute atomic E-state index is 0.0752. The summed E-state index contributed by atoms with van der Waals surface area (Å²) in [6.45, 7) is 2.78. The van der Waals surface area contributed by atoms with Gasteiger partial charge >= 0.3 is 0 Å². The molecule has 0 bridgehead atoms. The van der Waals surface area contributed by atoms with Crippen molar-refractivity contribution in [2.45, 2.75) is 116 Å². The Hall–Kier alpha value is -1.96. The van der Waals surface area contributed by atoms with Crippen LogP contribution in [0, 0.1) is 11.3 Å². The summed E-state index contributed by atoms with van der Waals surface area (Å²) in [6, 6.07) is 1.84. The molecule has 0 aliphatic carbocycles. The van der Waals surface area contributed by atoms with Gasteiger partial charge in [-0.2, -0.15) is 5.26 Å². The van der Waals surface area contributed by atoms with Crippen LogP contribution in [0.3, 0.4) is 0 Å². The molecule has 0 fully saturated rings. The molecule has 5 nitrogen and oxygen atoms in total. The van der Waals surface area contributed by atoms with Crippen LogP contribution in [0.1, 0.15) is 115 Å². The summed E-state index contributed by atoms with van der Waals surface area (Å²) in [4.78, 5) is 11.5. The Labute approximate surface area is 176 Å². The molecule has 5 heteroatoms. The molecule has 1 aromatic heterocycles. The number of nitrogens with zero attached hydrogens (tertiary/aromatic N) is 2. The lowest BCUT2D eigenvalue weighted by Crippen LogP contribution is -2.11. The van der Waals surface area contributed by atoms with Crippen LogP contribution < -0.4 is 5.43 Å². The maximum atomic E-state index is 11.5. The zero-order chi connectivity index (χ0) is 21.3. The lowest BCUT2D eigenvalue weighted by molar-refractivity contribution is 0.421. The lowest BCUT2D eigenvalue weighted by Gasteiger charge is -2.10. The molecule has 0 saturated carbocycles. The van der Waals surface area contributed by atoms with Crippen molar-refractivity contribution in [2.24, 2.45) is 0 Å². The van der Waals surface area contributed by atoms with Crippen LogP contribution in [0.5, 0.6) is 11.5 Å². The Morgan fingerprint density at radius 1 is 0.793 bits per heavy atom. The number of aromatic hydroxyl groups is 2. The third kappa shape index (κ3) is 10.4. The number of pyridine rings is 1. The van der Waals surface area contributed by atoms with E-state index in [0.717, 1.165) is 19.3 Å². The summed E-state index contributed by atoms with van der Waals surface area (Å²) in [5, 5.41) is 28.3. The number of unbranched alkanes of at least 4 members (excludes halogenated alkanes) is 15. The van der Waals surface area contributed by atoms with E-state index < -0.39 is 16.9 Å². The lowest BCUT2D eigenvalue weighted by atomic mass is 10.0. The minimum Gasteiger partial charge on any atom is -0.503 e. The predicted molar refractivity (Wildman–Crippen MR) is 118 cm³/mol. The molecule has 0 spiro atoms. The second-order valence-electron chi connectivity index (χ2n) is 8.15. The van der Waals surface area contributed by atoms with E-state index in [-0.39, 0.29) is 5.69 Å². The molecule has 0 saturated heterocycles. The average molecular weight is 405 g/mol. The number of nitriles is 1. The van der Waals surface area contributed by atoms with Gasteiger partial charge in [-0.25, -0.2) is 0 Å². The Kier molecular flexibility index (Phi) is 13.8. The average Bonchev–Trinajstić information content (AvgIpc) is 2.72. The van der Waals surface area contributed by atoms with E-state index >= 15 is 0 Å². The second-order valence-corrected chi connectivity index (χ2v) is 8.15. The van der Waals surface area contributed by atoms with Crippen LogP contribution in [-0.2, 0) is 6.54 Å². The number of hydrogen-bond acceptors (Lipinski definition) is 4. The van der Waals surface area contributed by atoms with Crippen molar-refractivity contribution in [1.29, 1.82) is 5.26 Å². The molecular weight excluding hydrogens is 364 g/mol. The molecule has 1 aromatic rings. The maximum absolute atomic E-state index is 11.5. The van der Waals surface area contributed by atoms with Crippen LogP contribution in [0.4, 0.5) is 0 Å². The second kappa shape index (κ2) is 15.9. The molecule has 2 N–H and O–H groups in total. The molecule has 0 radical (unpaired) electrons. The third-order valence-corrected chi connectivity index (χ3v) is 5.60. The van der Waals surface area contributed by atoms with Gasteiger partial charge < -0.3 is 14.8 Å². The largest absolute Gasteiger partial charge is 0.503 e. The molecule has 29 heavy (non-hydrogen) atoms. The van der Waals surface area contributed by atoms with Crippen molar-refractivity contribution in [2.75, 3.05) is 0 Å². The maximum Gasteiger partial charge on any atom is 0.266 e. The van der Waals surface area contributed by atoms with Crippen LogP contribution in [0.15, 0.2) is 11.0 Å². The van der Waals surface area contributed by atoms with Crippen molar-refractivity contribution in [3.63, 3.8) is 0 Å². The highest BCUT2D eigenvalue weighted by molar-refractivity contribution is 5.41. The van der Waals surface area contributed by atoms with E-state index in [1.54, 1.807) is 0 Å². The Morgan fingerprint density at radius 2 is 1.21 bits per heavy atom. The molecule has 0 aliphatic rings. The van der Waals surface area contributed by atoms with Crippen molar-refractivity contribution >= 4 is 0 Å². The normalized spacial score (nSPS) is 10.9. The van der Waals surface area contributed by atoms with Gasteiger partial charge in [-0.1, -0.05) is 103 Å². The summed E-state index contributed by atoms with van der Waals surface area (Å²) in [5.74, 6) is -1.18. The number of hydrogen-bond donors (Lipinski definition) is 2.